The van der Waals surface area contributed by atoms with E-state index in [1.165, 1.54) is 4.90 Å². The number of anilines is 1. The Morgan fingerprint density at radius 2 is 1.73 bits per heavy atom. The maximum atomic E-state index is 14.5. The van der Waals surface area contributed by atoms with Crippen molar-refractivity contribution < 1.29 is 24.2 Å². The molecule has 8 nitrogen and oxygen atoms in total. The zero-order chi connectivity index (χ0) is 26.6. The van der Waals surface area contributed by atoms with Crippen molar-refractivity contribution in [2.45, 2.75) is 50.0 Å². The molecule has 37 heavy (non-hydrogen) atoms. The number of carbonyl (C=O) groups is 2. The standard InChI is InChI=1S/C29H31N3O5/c1-27(2,3)37-26(34)32-28(35,24-16-10-11-17-30-24)18-21(19-12-6-9-15-23(19)36-5)29(32)20-13-7-8-14-22(20)31(4)25(29)33/h6-17,21,35H,18H2,1-5H3. The smallest absolute Gasteiger partial charge is 0.414 e. The molecule has 1 saturated heterocycles. The van der Waals surface area contributed by atoms with Gasteiger partial charge in [-0.25, -0.2) is 4.79 Å². The minimum absolute atomic E-state index is 0.00244. The van der Waals surface area contributed by atoms with Crippen molar-refractivity contribution in [3.8, 4) is 5.75 Å². The molecule has 2 amide bonds. The number of rotatable bonds is 3. The quantitative estimate of drug-likeness (QED) is 0.567. The van der Waals surface area contributed by atoms with Gasteiger partial charge in [-0.2, -0.15) is 0 Å². The molecule has 1 aromatic heterocycles. The number of likely N-dealkylation sites (tertiary alicyclic amines) is 1. The monoisotopic (exact) mass is 501 g/mol. The molecule has 1 N–H and O–H groups in total. The molecular weight excluding hydrogens is 470 g/mol. The predicted octanol–water partition coefficient (Wildman–Crippen LogP) is 4.53. The van der Waals surface area contributed by atoms with Gasteiger partial charge in [0, 0.05) is 42.4 Å². The number of amides is 2. The fourth-order valence-electron chi connectivity index (χ4n) is 5.80. The second kappa shape index (κ2) is 8.59. The molecule has 0 bridgehead atoms. The van der Waals surface area contributed by atoms with E-state index in [4.69, 9.17) is 9.47 Å². The Morgan fingerprint density at radius 1 is 1.05 bits per heavy atom. The number of benzene rings is 2. The number of hydrogen-bond donors (Lipinski definition) is 1. The van der Waals surface area contributed by atoms with E-state index in [1.54, 1.807) is 64.2 Å². The number of methoxy groups -OCH3 is 1. The van der Waals surface area contributed by atoms with Gasteiger partial charge in [0.1, 0.15) is 11.4 Å². The third kappa shape index (κ3) is 3.58. The van der Waals surface area contributed by atoms with Crippen LogP contribution >= 0.6 is 0 Å². The first kappa shape index (κ1) is 24.8. The Hall–Kier alpha value is -3.91. The van der Waals surface area contributed by atoms with Crippen molar-refractivity contribution in [2.24, 2.45) is 0 Å². The summed E-state index contributed by atoms with van der Waals surface area (Å²) in [5.41, 5.74) is -2.24. The molecule has 2 aromatic carbocycles. The normalized spacial score (nSPS) is 24.9. The summed E-state index contributed by atoms with van der Waals surface area (Å²) in [5.74, 6) is -0.467. The lowest BCUT2D eigenvalue weighted by Crippen LogP contribution is -2.60. The first-order chi connectivity index (χ1) is 17.6. The molecule has 2 aliphatic heterocycles. The summed E-state index contributed by atoms with van der Waals surface area (Å²) in [7, 11) is 3.24. The van der Waals surface area contributed by atoms with Crippen molar-refractivity contribution in [1.82, 2.24) is 9.88 Å². The Kier molecular flexibility index (Phi) is 5.75. The fourth-order valence-corrected chi connectivity index (χ4v) is 5.80. The lowest BCUT2D eigenvalue weighted by molar-refractivity contribution is -0.147. The van der Waals surface area contributed by atoms with Crippen LogP contribution in [0.15, 0.2) is 72.9 Å². The van der Waals surface area contributed by atoms with Gasteiger partial charge >= 0.3 is 6.09 Å². The topological polar surface area (TPSA) is 92.2 Å². The van der Waals surface area contributed by atoms with Gasteiger partial charge in [-0.15, -0.1) is 0 Å². The van der Waals surface area contributed by atoms with E-state index in [0.29, 0.717) is 22.6 Å². The van der Waals surface area contributed by atoms with E-state index < -0.39 is 28.9 Å². The molecule has 0 aliphatic carbocycles. The zero-order valence-electron chi connectivity index (χ0n) is 21.6. The average molecular weight is 502 g/mol. The van der Waals surface area contributed by atoms with Crippen molar-refractivity contribution >= 4 is 17.7 Å². The Balaban J connectivity index is 1.87. The van der Waals surface area contributed by atoms with Crippen molar-refractivity contribution in [3.63, 3.8) is 0 Å². The maximum Gasteiger partial charge on any atom is 0.414 e. The SMILES string of the molecule is COc1ccccc1C1CC(O)(c2ccccn2)N(C(=O)OC(C)(C)C)C12C(=O)N(C)c1ccccc12. The molecule has 8 heteroatoms. The number of likely N-dealkylation sites (N-methyl/N-ethyl adjacent to an activating group) is 1. The molecule has 1 spiro atoms. The molecule has 192 valence electrons. The molecule has 3 aromatic rings. The number of carbonyl (C=O) groups excluding carboxylic acids is 2. The van der Waals surface area contributed by atoms with Crippen LogP contribution in [-0.2, 0) is 20.8 Å². The summed E-state index contributed by atoms with van der Waals surface area (Å²) < 4.78 is 11.6. The van der Waals surface area contributed by atoms with Gasteiger partial charge in [0.25, 0.3) is 5.91 Å². The van der Waals surface area contributed by atoms with E-state index in [9.17, 15) is 14.7 Å². The fraction of sp³-hybridized carbons (Fsp3) is 0.345. The van der Waals surface area contributed by atoms with Crippen LogP contribution in [0.4, 0.5) is 10.5 Å². The average Bonchev–Trinajstić information content (AvgIpc) is 3.29. The van der Waals surface area contributed by atoms with Gasteiger partial charge in [-0.3, -0.25) is 14.7 Å². The molecular formula is C29H31N3O5. The lowest BCUT2D eigenvalue weighted by Gasteiger charge is -2.42. The molecule has 3 atom stereocenters. The van der Waals surface area contributed by atoms with Crippen LogP contribution in [0.3, 0.4) is 0 Å². The van der Waals surface area contributed by atoms with Crippen LogP contribution in [0.5, 0.6) is 5.75 Å². The third-order valence-electron chi connectivity index (χ3n) is 7.19. The second-order valence-electron chi connectivity index (χ2n) is 10.5. The summed E-state index contributed by atoms with van der Waals surface area (Å²) in [6.45, 7) is 5.26. The lowest BCUT2D eigenvalue weighted by atomic mass is 9.75. The van der Waals surface area contributed by atoms with E-state index in [1.807, 2.05) is 48.5 Å². The molecule has 5 rings (SSSR count). The number of aromatic nitrogens is 1. The first-order valence-corrected chi connectivity index (χ1v) is 12.2. The van der Waals surface area contributed by atoms with E-state index in [-0.39, 0.29) is 18.0 Å². The largest absolute Gasteiger partial charge is 0.496 e. The minimum atomic E-state index is -1.96. The molecule has 3 unspecified atom stereocenters. The third-order valence-corrected chi connectivity index (χ3v) is 7.19. The summed E-state index contributed by atoms with van der Waals surface area (Å²) in [5, 5.41) is 12.5. The van der Waals surface area contributed by atoms with Crippen molar-refractivity contribution in [3.05, 3.63) is 89.7 Å². The van der Waals surface area contributed by atoms with Gasteiger partial charge in [-0.05, 0) is 45.0 Å². The first-order valence-electron chi connectivity index (χ1n) is 12.2. The van der Waals surface area contributed by atoms with Gasteiger partial charge < -0.3 is 19.5 Å². The summed E-state index contributed by atoms with van der Waals surface area (Å²) in [6, 6.07) is 19.9. The van der Waals surface area contributed by atoms with E-state index in [2.05, 4.69) is 4.98 Å². The van der Waals surface area contributed by atoms with Crippen LogP contribution in [-0.4, -0.2) is 46.7 Å². The van der Waals surface area contributed by atoms with Gasteiger partial charge in [0.05, 0.1) is 12.8 Å². The summed E-state index contributed by atoms with van der Waals surface area (Å²) in [6.07, 6.45) is 0.745. The Bertz CT molecular complexity index is 1350. The predicted molar refractivity (Wildman–Crippen MR) is 138 cm³/mol. The molecule has 3 heterocycles. The molecule has 0 radical (unpaired) electrons. The van der Waals surface area contributed by atoms with E-state index >= 15 is 0 Å². The van der Waals surface area contributed by atoms with E-state index in [0.717, 1.165) is 0 Å². The summed E-state index contributed by atoms with van der Waals surface area (Å²) in [4.78, 5) is 35.8. The van der Waals surface area contributed by atoms with Crippen LogP contribution in [0.25, 0.3) is 0 Å². The number of nitrogens with zero attached hydrogens (tertiary/aromatic N) is 3. The van der Waals surface area contributed by atoms with Gasteiger partial charge in [-0.1, -0.05) is 42.5 Å². The van der Waals surface area contributed by atoms with Crippen molar-refractivity contribution in [1.29, 1.82) is 0 Å². The van der Waals surface area contributed by atoms with Crippen LogP contribution in [0.2, 0.25) is 0 Å². The number of ether oxygens (including phenoxy) is 2. The Labute approximate surface area is 216 Å². The summed E-state index contributed by atoms with van der Waals surface area (Å²) >= 11 is 0. The number of fused-ring (bicyclic) bond motifs is 2. The number of aliphatic hydroxyl groups is 1. The highest BCUT2D eigenvalue weighted by Gasteiger charge is 2.72. The highest BCUT2D eigenvalue weighted by atomic mass is 16.6. The Morgan fingerprint density at radius 3 is 2.41 bits per heavy atom. The number of pyridine rings is 1. The van der Waals surface area contributed by atoms with Crippen LogP contribution in [0, 0.1) is 0 Å². The second-order valence-corrected chi connectivity index (χ2v) is 10.5. The zero-order valence-corrected chi connectivity index (χ0v) is 21.6. The molecule has 0 saturated carbocycles. The minimum Gasteiger partial charge on any atom is -0.496 e. The number of hydrogen-bond acceptors (Lipinski definition) is 6. The van der Waals surface area contributed by atoms with Gasteiger partial charge in [0.15, 0.2) is 11.3 Å². The van der Waals surface area contributed by atoms with Crippen molar-refractivity contribution in [2.75, 3.05) is 19.1 Å². The van der Waals surface area contributed by atoms with Crippen LogP contribution in [0.1, 0.15) is 49.9 Å². The number of para-hydroxylation sites is 2. The van der Waals surface area contributed by atoms with Gasteiger partial charge in [0.2, 0.25) is 0 Å². The maximum absolute atomic E-state index is 14.5. The van der Waals surface area contributed by atoms with Crippen LogP contribution < -0.4 is 9.64 Å². The highest BCUT2D eigenvalue weighted by molar-refractivity contribution is 6.10. The molecule has 2 aliphatic rings. The highest BCUT2D eigenvalue weighted by Crippen LogP contribution is 2.63. The molecule has 1 fully saturated rings.